The third-order valence-electron chi connectivity index (χ3n) is 1.06. The molecule has 3 nitrogen and oxygen atoms in total. The molecule has 0 aliphatic heterocycles. The summed E-state index contributed by atoms with van der Waals surface area (Å²) in [6, 6.07) is 0. The number of halogens is 1. The fourth-order valence-corrected chi connectivity index (χ4v) is 0.822. The quantitative estimate of drug-likeness (QED) is 0.521. The molecular formula is C7H11BrO3. The first-order chi connectivity index (χ1) is 5.20. The Labute approximate surface area is 74.2 Å². The Morgan fingerprint density at radius 3 is 2.45 bits per heavy atom. The summed E-state index contributed by atoms with van der Waals surface area (Å²) in [5.41, 5.74) is 0. The number of hydrogen-bond acceptors (Lipinski definition) is 3. The van der Waals surface area contributed by atoms with Gasteiger partial charge in [-0.1, -0.05) is 15.9 Å². The van der Waals surface area contributed by atoms with Gasteiger partial charge in [0.2, 0.25) is 0 Å². The van der Waals surface area contributed by atoms with E-state index in [4.69, 9.17) is 0 Å². The molecule has 0 radical (unpaired) electrons. The van der Waals surface area contributed by atoms with Gasteiger partial charge in [0, 0.05) is 6.42 Å². The molecule has 0 aliphatic carbocycles. The second-order valence-electron chi connectivity index (χ2n) is 1.98. The van der Waals surface area contributed by atoms with E-state index < -0.39 is 0 Å². The lowest BCUT2D eigenvalue weighted by molar-refractivity contribution is -0.144. The van der Waals surface area contributed by atoms with Crippen LogP contribution in [0.4, 0.5) is 0 Å². The Bertz CT molecular complexity index is 145. The SMILES string of the molecule is CCOC(=O)CCC(=O)CBr. The Kier molecular flexibility index (Phi) is 6.12. The highest BCUT2D eigenvalue weighted by Gasteiger charge is 2.05. The molecule has 4 heteroatoms. The van der Waals surface area contributed by atoms with Crippen LogP contribution in [0.5, 0.6) is 0 Å². The molecule has 0 fully saturated rings. The van der Waals surface area contributed by atoms with Gasteiger partial charge in [-0.05, 0) is 6.92 Å². The summed E-state index contributed by atoms with van der Waals surface area (Å²) in [5, 5.41) is 0.312. The summed E-state index contributed by atoms with van der Waals surface area (Å²) in [7, 11) is 0. The third-order valence-corrected chi connectivity index (χ3v) is 1.69. The lowest BCUT2D eigenvalue weighted by Crippen LogP contribution is -2.07. The Balaban J connectivity index is 3.38. The van der Waals surface area contributed by atoms with Crippen LogP contribution in [0.3, 0.4) is 0 Å². The molecule has 0 aromatic rings. The lowest BCUT2D eigenvalue weighted by Gasteiger charge is -1.98. The smallest absolute Gasteiger partial charge is 0.306 e. The number of hydrogen-bond donors (Lipinski definition) is 0. The monoisotopic (exact) mass is 222 g/mol. The molecule has 0 heterocycles. The summed E-state index contributed by atoms with van der Waals surface area (Å²) in [4.78, 5) is 21.3. The maximum absolute atomic E-state index is 10.7. The van der Waals surface area contributed by atoms with Crippen LogP contribution in [-0.4, -0.2) is 23.7 Å². The number of rotatable bonds is 5. The van der Waals surface area contributed by atoms with E-state index in [0.29, 0.717) is 11.9 Å². The van der Waals surface area contributed by atoms with Crippen molar-refractivity contribution >= 4 is 27.7 Å². The summed E-state index contributed by atoms with van der Waals surface area (Å²) in [5.74, 6) is -0.278. The van der Waals surface area contributed by atoms with Crippen molar-refractivity contribution in [3.8, 4) is 0 Å². The van der Waals surface area contributed by atoms with E-state index in [1.807, 2.05) is 0 Å². The van der Waals surface area contributed by atoms with Gasteiger partial charge in [0.25, 0.3) is 0 Å². The van der Waals surface area contributed by atoms with Crippen molar-refractivity contribution in [2.24, 2.45) is 0 Å². The molecule has 0 bridgehead atoms. The van der Waals surface area contributed by atoms with E-state index in [1.165, 1.54) is 0 Å². The predicted molar refractivity (Wildman–Crippen MR) is 44.7 cm³/mol. The summed E-state index contributed by atoms with van der Waals surface area (Å²) in [6.07, 6.45) is 0.461. The van der Waals surface area contributed by atoms with E-state index in [2.05, 4.69) is 20.7 Å². The molecule has 0 unspecified atom stereocenters. The first-order valence-corrected chi connectivity index (χ1v) is 4.56. The van der Waals surface area contributed by atoms with Crippen molar-refractivity contribution in [3.63, 3.8) is 0 Å². The highest BCUT2D eigenvalue weighted by molar-refractivity contribution is 9.09. The third kappa shape index (κ3) is 6.04. The standard InChI is InChI=1S/C7H11BrO3/c1-2-11-7(10)4-3-6(9)5-8/h2-5H2,1H3. The van der Waals surface area contributed by atoms with Gasteiger partial charge in [-0.3, -0.25) is 9.59 Å². The van der Waals surface area contributed by atoms with Crippen molar-refractivity contribution < 1.29 is 14.3 Å². The van der Waals surface area contributed by atoms with Crippen LogP contribution in [0.2, 0.25) is 0 Å². The van der Waals surface area contributed by atoms with Crippen LogP contribution in [0.15, 0.2) is 0 Å². The van der Waals surface area contributed by atoms with Gasteiger partial charge >= 0.3 is 5.97 Å². The van der Waals surface area contributed by atoms with Gasteiger partial charge < -0.3 is 4.74 Å². The highest BCUT2D eigenvalue weighted by Crippen LogP contribution is 1.96. The molecule has 0 amide bonds. The van der Waals surface area contributed by atoms with E-state index in [1.54, 1.807) is 6.92 Å². The molecule has 64 valence electrons. The number of carbonyl (C=O) groups is 2. The maximum Gasteiger partial charge on any atom is 0.306 e. The predicted octanol–water partition coefficient (Wildman–Crippen LogP) is 1.29. The second-order valence-corrected chi connectivity index (χ2v) is 2.54. The van der Waals surface area contributed by atoms with E-state index in [-0.39, 0.29) is 24.6 Å². The van der Waals surface area contributed by atoms with Crippen LogP contribution in [0.1, 0.15) is 19.8 Å². The molecule has 0 N–H and O–H groups in total. The molecule has 0 saturated heterocycles. The Hall–Kier alpha value is -0.380. The molecule has 0 atom stereocenters. The van der Waals surface area contributed by atoms with Gasteiger partial charge in [0.1, 0.15) is 5.78 Å². The number of alkyl halides is 1. The molecule has 0 spiro atoms. The van der Waals surface area contributed by atoms with Crippen LogP contribution in [0.25, 0.3) is 0 Å². The number of Topliss-reactive ketones (excluding diaryl/α,β-unsaturated/α-hetero) is 1. The molecule has 0 aromatic carbocycles. The molecule has 0 aliphatic rings. The van der Waals surface area contributed by atoms with E-state index >= 15 is 0 Å². The molecule has 0 saturated carbocycles. The van der Waals surface area contributed by atoms with Crippen LogP contribution >= 0.6 is 15.9 Å². The molecular weight excluding hydrogens is 212 g/mol. The number of ketones is 1. The van der Waals surface area contributed by atoms with Crippen LogP contribution in [-0.2, 0) is 14.3 Å². The van der Waals surface area contributed by atoms with Crippen molar-refractivity contribution in [1.82, 2.24) is 0 Å². The van der Waals surface area contributed by atoms with Crippen molar-refractivity contribution in [2.45, 2.75) is 19.8 Å². The number of esters is 1. The zero-order chi connectivity index (χ0) is 8.69. The van der Waals surface area contributed by atoms with Crippen molar-refractivity contribution in [1.29, 1.82) is 0 Å². The van der Waals surface area contributed by atoms with Crippen molar-refractivity contribution in [2.75, 3.05) is 11.9 Å². The summed E-state index contributed by atoms with van der Waals surface area (Å²) < 4.78 is 4.63. The fraction of sp³-hybridized carbons (Fsp3) is 0.714. The van der Waals surface area contributed by atoms with Gasteiger partial charge in [-0.2, -0.15) is 0 Å². The summed E-state index contributed by atoms with van der Waals surface area (Å²) >= 11 is 3.00. The number of carbonyl (C=O) groups excluding carboxylic acids is 2. The number of ether oxygens (including phenoxy) is 1. The zero-order valence-corrected chi connectivity index (χ0v) is 8.02. The minimum absolute atomic E-state index is 0.0260. The first kappa shape index (κ1) is 10.6. The zero-order valence-electron chi connectivity index (χ0n) is 6.43. The van der Waals surface area contributed by atoms with E-state index in [9.17, 15) is 9.59 Å². The van der Waals surface area contributed by atoms with Crippen LogP contribution < -0.4 is 0 Å². The average Bonchev–Trinajstić information content (AvgIpc) is 2.01. The molecule has 0 aromatic heterocycles. The minimum Gasteiger partial charge on any atom is -0.466 e. The molecule has 0 rings (SSSR count). The first-order valence-electron chi connectivity index (χ1n) is 3.44. The largest absolute Gasteiger partial charge is 0.466 e. The van der Waals surface area contributed by atoms with Gasteiger partial charge in [0.15, 0.2) is 0 Å². The minimum atomic E-state index is -0.304. The van der Waals surface area contributed by atoms with Gasteiger partial charge in [-0.25, -0.2) is 0 Å². The normalized spacial score (nSPS) is 9.27. The Morgan fingerprint density at radius 1 is 1.36 bits per heavy atom. The van der Waals surface area contributed by atoms with Crippen LogP contribution in [0, 0.1) is 0 Å². The van der Waals surface area contributed by atoms with Crippen molar-refractivity contribution in [3.05, 3.63) is 0 Å². The average molecular weight is 223 g/mol. The topological polar surface area (TPSA) is 43.4 Å². The van der Waals surface area contributed by atoms with E-state index in [0.717, 1.165) is 0 Å². The van der Waals surface area contributed by atoms with Gasteiger partial charge in [-0.15, -0.1) is 0 Å². The van der Waals surface area contributed by atoms with Gasteiger partial charge in [0.05, 0.1) is 18.4 Å². The lowest BCUT2D eigenvalue weighted by atomic mass is 10.2. The Morgan fingerprint density at radius 2 is 2.00 bits per heavy atom. The molecule has 11 heavy (non-hydrogen) atoms. The maximum atomic E-state index is 10.7. The summed E-state index contributed by atoms with van der Waals surface area (Å²) in [6.45, 7) is 2.12. The fourth-order valence-electron chi connectivity index (χ4n) is 0.541. The highest BCUT2D eigenvalue weighted by atomic mass is 79.9. The second kappa shape index (κ2) is 6.34.